The number of hydrogen-bond acceptors (Lipinski definition) is 5. The maximum atomic E-state index is 5.51. The van der Waals surface area contributed by atoms with Crippen molar-refractivity contribution >= 4 is 16.9 Å². The van der Waals surface area contributed by atoms with Crippen molar-refractivity contribution in [3.63, 3.8) is 0 Å². The average Bonchev–Trinajstić information content (AvgIpc) is 2.92. The van der Waals surface area contributed by atoms with E-state index in [9.17, 15) is 0 Å². The molecule has 0 aliphatic carbocycles. The molecule has 108 valence electrons. The van der Waals surface area contributed by atoms with Crippen LogP contribution in [0.3, 0.4) is 0 Å². The number of aryl methyl sites for hydroxylation is 1. The maximum absolute atomic E-state index is 5.51. The van der Waals surface area contributed by atoms with Gasteiger partial charge in [0.25, 0.3) is 0 Å². The summed E-state index contributed by atoms with van der Waals surface area (Å²) in [6, 6.07) is 8.17. The van der Waals surface area contributed by atoms with Gasteiger partial charge in [0.1, 0.15) is 12.1 Å². The fraction of sp³-hybridized carbons (Fsp3) is 0.267. The fourth-order valence-corrected chi connectivity index (χ4v) is 2.24. The van der Waals surface area contributed by atoms with Crippen molar-refractivity contribution in [2.75, 3.05) is 18.4 Å². The third kappa shape index (κ3) is 2.71. The van der Waals surface area contributed by atoms with Crippen LogP contribution in [-0.2, 0) is 0 Å². The van der Waals surface area contributed by atoms with E-state index in [0.717, 1.165) is 35.5 Å². The molecule has 0 radical (unpaired) electrons. The molecule has 2 aromatic heterocycles. The van der Waals surface area contributed by atoms with Crippen molar-refractivity contribution in [1.82, 2.24) is 19.7 Å². The molecule has 0 saturated heterocycles. The van der Waals surface area contributed by atoms with Gasteiger partial charge in [0.2, 0.25) is 0 Å². The van der Waals surface area contributed by atoms with E-state index in [-0.39, 0.29) is 0 Å². The van der Waals surface area contributed by atoms with Crippen LogP contribution < -0.4 is 11.1 Å². The Bertz CT molecular complexity index is 749. The Morgan fingerprint density at radius 1 is 1.29 bits per heavy atom. The number of hydrogen-bond donors (Lipinski definition) is 2. The van der Waals surface area contributed by atoms with Crippen molar-refractivity contribution in [2.45, 2.75) is 13.3 Å². The summed E-state index contributed by atoms with van der Waals surface area (Å²) in [6.45, 7) is 3.51. The number of fused-ring (bicyclic) bond motifs is 1. The summed E-state index contributed by atoms with van der Waals surface area (Å²) in [5.74, 6) is 0.798. The van der Waals surface area contributed by atoms with Gasteiger partial charge in [-0.05, 0) is 37.6 Å². The van der Waals surface area contributed by atoms with E-state index in [4.69, 9.17) is 5.73 Å². The summed E-state index contributed by atoms with van der Waals surface area (Å²) in [7, 11) is 0. The molecule has 3 N–H and O–H groups in total. The summed E-state index contributed by atoms with van der Waals surface area (Å²) in [5.41, 5.74) is 8.49. The Morgan fingerprint density at radius 2 is 2.19 bits per heavy atom. The van der Waals surface area contributed by atoms with Gasteiger partial charge in [-0.3, -0.25) is 0 Å². The molecule has 6 nitrogen and oxygen atoms in total. The summed E-state index contributed by atoms with van der Waals surface area (Å²) >= 11 is 0. The molecule has 0 atom stereocenters. The van der Waals surface area contributed by atoms with Crippen LogP contribution in [0.15, 0.2) is 36.8 Å². The van der Waals surface area contributed by atoms with Crippen molar-refractivity contribution < 1.29 is 0 Å². The van der Waals surface area contributed by atoms with E-state index in [0.29, 0.717) is 6.54 Å². The van der Waals surface area contributed by atoms with Crippen LogP contribution in [0, 0.1) is 6.92 Å². The van der Waals surface area contributed by atoms with E-state index in [1.807, 2.05) is 16.8 Å². The normalized spacial score (nSPS) is 11.0. The molecule has 3 aromatic rings. The predicted molar refractivity (Wildman–Crippen MR) is 83.6 cm³/mol. The van der Waals surface area contributed by atoms with E-state index in [1.54, 1.807) is 12.5 Å². The monoisotopic (exact) mass is 282 g/mol. The third-order valence-corrected chi connectivity index (χ3v) is 3.29. The van der Waals surface area contributed by atoms with Gasteiger partial charge in [0.15, 0.2) is 5.65 Å². The second-order valence-electron chi connectivity index (χ2n) is 4.92. The van der Waals surface area contributed by atoms with Crippen LogP contribution in [0.4, 0.5) is 5.82 Å². The van der Waals surface area contributed by atoms with Crippen LogP contribution in [-0.4, -0.2) is 32.8 Å². The summed E-state index contributed by atoms with van der Waals surface area (Å²) in [5, 5.41) is 8.64. The van der Waals surface area contributed by atoms with Gasteiger partial charge in [-0.15, -0.1) is 0 Å². The lowest BCUT2D eigenvalue weighted by Gasteiger charge is -2.06. The lowest BCUT2D eigenvalue weighted by atomic mass is 10.2. The summed E-state index contributed by atoms with van der Waals surface area (Å²) in [4.78, 5) is 8.65. The van der Waals surface area contributed by atoms with Crippen LogP contribution in [0.25, 0.3) is 16.7 Å². The minimum absolute atomic E-state index is 0.657. The highest BCUT2D eigenvalue weighted by Crippen LogP contribution is 2.21. The van der Waals surface area contributed by atoms with Crippen LogP contribution >= 0.6 is 0 Å². The van der Waals surface area contributed by atoms with Gasteiger partial charge in [0.05, 0.1) is 17.3 Å². The SMILES string of the molecule is Cc1cccc(-n2ncc3c(NCCCN)ncnc32)c1. The van der Waals surface area contributed by atoms with Gasteiger partial charge in [-0.25, -0.2) is 14.6 Å². The quantitative estimate of drug-likeness (QED) is 0.698. The van der Waals surface area contributed by atoms with Crippen molar-refractivity contribution in [3.8, 4) is 5.69 Å². The molecule has 0 aliphatic heterocycles. The molecule has 3 rings (SSSR count). The van der Waals surface area contributed by atoms with E-state index < -0.39 is 0 Å². The minimum atomic E-state index is 0.657. The van der Waals surface area contributed by atoms with Gasteiger partial charge >= 0.3 is 0 Å². The first kappa shape index (κ1) is 13.5. The lowest BCUT2D eigenvalue weighted by Crippen LogP contribution is -2.09. The Hall–Kier alpha value is -2.47. The number of benzene rings is 1. The number of nitrogens with zero attached hydrogens (tertiary/aromatic N) is 4. The van der Waals surface area contributed by atoms with E-state index >= 15 is 0 Å². The molecular formula is C15H18N6. The number of nitrogens with two attached hydrogens (primary N) is 1. The largest absolute Gasteiger partial charge is 0.369 e. The number of anilines is 1. The number of rotatable bonds is 5. The molecule has 0 aliphatic rings. The standard InChI is InChI=1S/C15H18N6/c1-11-4-2-5-12(8-11)21-15-13(9-20-21)14(18-10-19-15)17-7-3-6-16/h2,4-5,8-10H,3,6-7,16H2,1H3,(H,17,18,19). The molecule has 2 heterocycles. The van der Waals surface area contributed by atoms with Gasteiger partial charge in [-0.1, -0.05) is 12.1 Å². The van der Waals surface area contributed by atoms with Crippen molar-refractivity contribution in [1.29, 1.82) is 0 Å². The zero-order valence-corrected chi connectivity index (χ0v) is 12.0. The fourth-order valence-electron chi connectivity index (χ4n) is 2.24. The first-order valence-corrected chi connectivity index (χ1v) is 6.99. The second kappa shape index (κ2) is 5.88. The third-order valence-electron chi connectivity index (χ3n) is 3.29. The summed E-state index contributed by atoms with van der Waals surface area (Å²) in [6.07, 6.45) is 4.25. The average molecular weight is 282 g/mol. The molecular weight excluding hydrogens is 264 g/mol. The zero-order chi connectivity index (χ0) is 14.7. The topological polar surface area (TPSA) is 81.7 Å². The molecule has 0 bridgehead atoms. The van der Waals surface area contributed by atoms with Crippen LogP contribution in [0.5, 0.6) is 0 Å². The molecule has 0 spiro atoms. The first-order chi connectivity index (χ1) is 10.3. The van der Waals surface area contributed by atoms with Crippen molar-refractivity contribution in [2.24, 2.45) is 5.73 Å². The molecule has 0 amide bonds. The van der Waals surface area contributed by atoms with E-state index in [1.165, 1.54) is 5.56 Å². The van der Waals surface area contributed by atoms with E-state index in [2.05, 4.69) is 39.4 Å². The predicted octanol–water partition coefficient (Wildman–Crippen LogP) is 1.88. The van der Waals surface area contributed by atoms with Gasteiger partial charge in [0, 0.05) is 6.54 Å². The minimum Gasteiger partial charge on any atom is -0.369 e. The Balaban J connectivity index is 2.01. The number of nitrogens with one attached hydrogen (secondary N) is 1. The van der Waals surface area contributed by atoms with Gasteiger partial charge < -0.3 is 11.1 Å². The lowest BCUT2D eigenvalue weighted by molar-refractivity contribution is 0.870. The highest BCUT2D eigenvalue weighted by atomic mass is 15.3. The Morgan fingerprint density at radius 3 is 3.00 bits per heavy atom. The molecule has 0 saturated carbocycles. The zero-order valence-electron chi connectivity index (χ0n) is 12.0. The number of aromatic nitrogens is 4. The molecule has 0 fully saturated rings. The molecule has 0 unspecified atom stereocenters. The molecule has 1 aromatic carbocycles. The maximum Gasteiger partial charge on any atom is 0.168 e. The van der Waals surface area contributed by atoms with Crippen LogP contribution in [0.2, 0.25) is 0 Å². The first-order valence-electron chi connectivity index (χ1n) is 6.99. The highest BCUT2D eigenvalue weighted by Gasteiger charge is 2.10. The van der Waals surface area contributed by atoms with Crippen molar-refractivity contribution in [3.05, 3.63) is 42.4 Å². The Labute approximate surface area is 123 Å². The van der Waals surface area contributed by atoms with Gasteiger partial charge in [-0.2, -0.15) is 5.10 Å². The van der Waals surface area contributed by atoms with Crippen LogP contribution in [0.1, 0.15) is 12.0 Å². The molecule has 21 heavy (non-hydrogen) atoms. The second-order valence-corrected chi connectivity index (χ2v) is 4.92. The Kier molecular flexibility index (Phi) is 3.79. The summed E-state index contributed by atoms with van der Waals surface area (Å²) < 4.78 is 1.83. The molecule has 6 heteroatoms. The highest BCUT2D eigenvalue weighted by molar-refractivity contribution is 5.87. The smallest absolute Gasteiger partial charge is 0.168 e.